The van der Waals surface area contributed by atoms with Crippen molar-refractivity contribution in [3.63, 3.8) is 0 Å². The lowest BCUT2D eigenvalue weighted by Gasteiger charge is -2.24. The van der Waals surface area contributed by atoms with Crippen LogP contribution >= 0.6 is 23.5 Å². The quantitative estimate of drug-likeness (QED) is 0.133. The highest BCUT2D eigenvalue weighted by atomic mass is 32.2. The molecule has 4 atom stereocenters. The number of hydrogen-bond donors (Lipinski definition) is 7. The number of aromatic hydroxyl groups is 1. The highest BCUT2D eigenvalue weighted by Crippen LogP contribution is 2.11. The van der Waals surface area contributed by atoms with Gasteiger partial charge in [0, 0.05) is 0 Å². The molecule has 1 aromatic rings. The molecule has 0 spiro atoms. The van der Waals surface area contributed by atoms with Crippen molar-refractivity contribution in [3.8, 4) is 5.75 Å². The maximum atomic E-state index is 13.0. The van der Waals surface area contributed by atoms with Crippen LogP contribution in [0.1, 0.15) is 24.8 Å². The number of hydrogen-bond acceptors (Lipinski definition) is 9. The molecule has 3 amide bonds. The van der Waals surface area contributed by atoms with Gasteiger partial charge in [0.2, 0.25) is 17.7 Å². The first-order chi connectivity index (χ1) is 17.5. The lowest BCUT2D eigenvalue weighted by Crippen LogP contribution is -2.57. The molecule has 0 aliphatic heterocycles. The molecule has 206 valence electrons. The third-order valence-electron chi connectivity index (χ3n) is 5.21. The van der Waals surface area contributed by atoms with Crippen LogP contribution in [0.2, 0.25) is 0 Å². The lowest BCUT2D eigenvalue weighted by atomic mass is 10.0. The van der Waals surface area contributed by atoms with Crippen molar-refractivity contribution < 1.29 is 39.3 Å². The Morgan fingerprint density at radius 3 is 1.81 bits per heavy atom. The van der Waals surface area contributed by atoms with Crippen LogP contribution < -0.4 is 21.7 Å². The molecule has 0 bridgehead atoms. The number of carbonyl (C=O) groups is 5. The molecule has 0 fully saturated rings. The standard InChI is InChI=1S/C23H34N4O8S2/c1-36-9-7-16(25-20(31)15(24)11-13-3-5-14(28)6-4-13)21(32)27-18(12-19(29)30)22(33)26-17(23(34)35)8-10-37-2/h3-6,15-18,28H,7-12,24H2,1-2H3,(H,25,31)(H,26,33)(H,27,32)(H,29,30)(H,34,35). The van der Waals surface area contributed by atoms with Crippen LogP contribution in [0.4, 0.5) is 0 Å². The summed E-state index contributed by atoms with van der Waals surface area (Å²) >= 11 is 2.80. The molecule has 8 N–H and O–H groups in total. The summed E-state index contributed by atoms with van der Waals surface area (Å²) in [4.78, 5) is 61.2. The molecule has 0 saturated carbocycles. The number of carboxylic acid groups (broad SMARTS) is 2. The first-order valence-electron chi connectivity index (χ1n) is 11.4. The van der Waals surface area contributed by atoms with Gasteiger partial charge in [0.25, 0.3) is 0 Å². The van der Waals surface area contributed by atoms with Gasteiger partial charge in [-0.15, -0.1) is 0 Å². The normalized spacial score (nSPS) is 14.0. The number of thioether (sulfide) groups is 2. The molecule has 0 radical (unpaired) electrons. The van der Waals surface area contributed by atoms with Crippen molar-refractivity contribution >= 4 is 53.2 Å². The van der Waals surface area contributed by atoms with Gasteiger partial charge in [-0.3, -0.25) is 19.2 Å². The minimum absolute atomic E-state index is 0.0643. The van der Waals surface area contributed by atoms with E-state index in [1.54, 1.807) is 24.6 Å². The number of benzene rings is 1. The maximum Gasteiger partial charge on any atom is 0.326 e. The number of phenols is 1. The highest BCUT2D eigenvalue weighted by Gasteiger charge is 2.31. The van der Waals surface area contributed by atoms with Crippen LogP contribution in [0.25, 0.3) is 0 Å². The number of aliphatic carboxylic acids is 2. The Bertz CT molecular complexity index is 932. The molecule has 0 heterocycles. The minimum atomic E-state index is -1.56. The average Bonchev–Trinajstić information content (AvgIpc) is 2.84. The molecule has 12 nitrogen and oxygen atoms in total. The van der Waals surface area contributed by atoms with Crippen molar-refractivity contribution in [1.82, 2.24) is 16.0 Å². The predicted octanol–water partition coefficient (Wildman–Crippen LogP) is -0.218. The monoisotopic (exact) mass is 558 g/mol. The van der Waals surface area contributed by atoms with Gasteiger partial charge in [-0.1, -0.05) is 12.1 Å². The van der Waals surface area contributed by atoms with Gasteiger partial charge >= 0.3 is 11.9 Å². The topological polar surface area (TPSA) is 208 Å². The van der Waals surface area contributed by atoms with Crippen molar-refractivity contribution in [3.05, 3.63) is 29.8 Å². The molecule has 37 heavy (non-hydrogen) atoms. The van der Waals surface area contributed by atoms with Gasteiger partial charge in [0.05, 0.1) is 12.5 Å². The van der Waals surface area contributed by atoms with Crippen LogP contribution in [0.3, 0.4) is 0 Å². The van der Waals surface area contributed by atoms with E-state index in [1.165, 1.54) is 35.7 Å². The van der Waals surface area contributed by atoms with Crippen LogP contribution in [0.5, 0.6) is 5.75 Å². The third-order valence-corrected chi connectivity index (χ3v) is 6.50. The molecule has 14 heteroatoms. The predicted molar refractivity (Wildman–Crippen MR) is 141 cm³/mol. The highest BCUT2D eigenvalue weighted by molar-refractivity contribution is 7.98. The van der Waals surface area contributed by atoms with Gasteiger partial charge in [0.15, 0.2) is 0 Å². The fraction of sp³-hybridized carbons (Fsp3) is 0.522. The van der Waals surface area contributed by atoms with E-state index in [0.29, 0.717) is 17.1 Å². The third kappa shape index (κ3) is 12.2. The summed E-state index contributed by atoms with van der Waals surface area (Å²) < 4.78 is 0. The summed E-state index contributed by atoms with van der Waals surface area (Å²) in [7, 11) is 0. The molecule has 4 unspecified atom stereocenters. The first kappa shape index (κ1) is 32.1. The Kier molecular flexibility index (Phi) is 14.5. The van der Waals surface area contributed by atoms with Crippen molar-refractivity contribution in [2.45, 2.75) is 49.9 Å². The van der Waals surface area contributed by atoms with Crippen molar-refractivity contribution in [1.29, 1.82) is 0 Å². The molecule has 1 aromatic carbocycles. The Morgan fingerprint density at radius 1 is 0.811 bits per heavy atom. The summed E-state index contributed by atoms with van der Waals surface area (Å²) in [5, 5.41) is 35.1. The average molecular weight is 559 g/mol. The van der Waals surface area contributed by atoms with Gasteiger partial charge in [0.1, 0.15) is 23.9 Å². The van der Waals surface area contributed by atoms with Crippen molar-refractivity contribution in [2.75, 3.05) is 24.0 Å². The van der Waals surface area contributed by atoms with E-state index >= 15 is 0 Å². The van der Waals surface area contributed by atoms with Gasteiger partial charge < -0.3 is 37.0 Å². The molecule has 0 saturated heterocycles. The van der Waals surface area contributed by atoms with E-state index in [0.717, 1.165) is 0 Å². The minimum Gasteiger partial charge on any atom is -0.508 e. The summed E-state index contributed by atoms with van der Waals surface area (Å²) in [5.74, 6) is -4.06. The second kappa shape index (κ2) is 16.7. The number of rotatable bonds is 17. The zero-order valence-corrected chi connectivity index (χ0v) is 22.3. The van der Waals surface area contributed by atoms with Crippen LogP contribution in [-0.2, 0) is 30.4 Å². The number of carboxylic acids is 2. The smallest absolute Gasteiger partial charge is 0.326 e. The first-order valence-corrected chi connectivity index (χ1v) is 14.1. The van der Waals surface area contributed by atoms with Gasteiger partial charge in [-0.2, -0.15) is 23.5 Å². The van der Waals surface area contributed by atoms with E-state index in [9.17, 15) is 39.3 Å². The maximum absolute atomic E-state index is 13.0. The number of nitrogens with two attached hydrogens (primary N) is 1. The molecule has 1 rings (SSSR count). The number of carbonyl (C=O) groups excluding carboxylic acids is 3. The zero-order valence-electron chi connectivity index (χ0n) is 20.6. The Hall–Kier alpha value is -2.97. The lowest BCUT2D eigenvalue weighted by molar-refractivity contribution is -0.143. The van der Waals surface area contributed by atoms with E-state index in [4.69, 9.17) is 5.73 Å². The molecule has 0 aliphatic rings. The SMILES string of the molecule is CSCCC(NC(=O)C(CC(=O)O)NC(=O)C(CCSC)NC(=O)C(N)Cc1ccc(O)cc1)C(=O)O. The largest absolute Gasteiger partial charge is 0.508 e. The summed E-state index contributed by atoms with van der Waals surface area (Å²) in [5.41, 5.74) is 6.69. The van der Waals surface area contributed by atoms with Gasteiger partial charge in [-0.25, -0.2) is 4.79 Å². The van der Waals surface area contributed by atoms with E-state index in [1.807, 2.05) is 0 Å². The Balaban J connectivity index is 2.93. The van der Waals surface area contributed by atoms with Crippen molar-refractivity contribution in [2.24, 2.45) is 5.73 Å². The van der Waals surface area contributed by atoms with Crippen LogP contribution in [-0.4, -0.2) is 93.2 Å². The fourth-order valence-corrected chi connectivity index (χ4v) is 4.13. The molecule has 0 aliphatic carbocycles. The van der Waals surface area contributed by atoms with E-state index in [-0.39, 0.29) is 25.0 Å². The van der Waals surface area contributed by atoms with Crippen LogP contribution in [0.15, 0.2) is 24.3 Å². The van der Waals surface area contributed by atoms with Gasteiger partial charge in [-0.05, 0) is 61.0 Å². The second-order valence-electron chi connectivity index (χ2n) is 8.16. The van der Waals surface area contributed by atoms with E-state index < -0.39 is 60.2 Å². The summed E-state index contributed by atoms with van der Waals surface area (Å²) in [6, 6.07) is 1.20. The zero-order chi connectivity index (χ0) is 28.0. The number of phenolic OH excluding ortho intramolecular Hbond substituents is 1. The molecule has 0 aromatic heterocycles. The second-order valence-corrected chi connectivity index (χ2v) is 10.1. The summed E-state index contributed by atoms with van der Waals surface area (Å²) in [6.07, 6.45) is 3.22. The molecular formula is C23H34N4O8S2. The summed E-state index contributed by atoms with van der Waals surface area (Å²) in [6.45, 7) is 0. The fourth-order valence-electron chi connectivity index (χ4n) is 3.18. The van der Waals surface area contributed by atoms with E-state index in [2.05, 4.69) is 16.0 Å². The Labute approximate surface area is 223 Å². The molecular weight excluding hydrogens is 524 g/mol. The number of amides is 3. The number of nitrogens with one attached hydrogen (secondary N) is 3. The van der Waals surface area contributed by atoms with Crippen LogP contribution in [0, 0.1) is 0 Å². The Morgan fingerprint density at radius 2 is 1.30 bits per heavy atom.